The fourth-order valence-electron chi connectivity index (χ4n) is 4.34. The van der Waals surface area contributed by atoms with Gasteiger partial charge in [0.2, 0.25) is 0 Å². The van der Waals surface area contributed by atoms with E-state index in [0.29, 0.717) is 30.1 Å². The summed E-state index contributed by atoms with van der Waals surface area (Å²) in [6.45, 7) is 2.72. The number of carbonyl (C=O) groups excluding carboxylic acids is 2. The predicted octanol–water partition coefficient (Wildman–Crippen LogP) is 4.72. The molecule has 1 atom stereocenters. The second kappa shape index (κ2) is 9.38. The Morgan fingerprint density at radius 3 is 2.79 bits per heavy atom. The third-order valence-electron chi connectivity index (χ3n) is 6.20. The monoisotopic (exact) mass is 475 g/mol. The Bertz CT molecular complexity index is 1350. The van der Waals surface area contributed by atoms with Crippen LogP contribution in [0.3, 0.4) is 0 Å². The molecule has 8 heteroatoms. The maximum atomic E-state index is 12.9. The maximum absolute atomic E-state index is 12.9. The number of amides is 1. The van der Waals surface area contributed by atoms with Gasteiger partial charge in [-0.05, 0) is 50.1 Å². The molecule has 0 bridgehead atoms. The molecule has 174 valence electrons. The van der Waals surface area contributed by atoms with Gasteiger partial charge in [-0.3, -0.25) is 9.78 Å². The van der Waals surface area contributed by atoms with E-state index in [2.05, 4.69) is 11.1 Å². The minimum absolute atomic E-state index is 0.185. The van der Waals surface area contributed by atoms with Crippen molar-refractivity contribution >= 4 is 44.3 Å². The molecule has 0 spiro atoms. The minimum Gasteiger partial charge on any atom is -0.497 e. The van der Waals surface area contributed by atoms with Crippen molar-refractivity contribution in [1.82, 2.24) is 14.9 Å². The van der Waals surface area contributed by atoms with Crippen LogP contribution in [0.2, 0.25) is 0 Å². The molecule has 1 unspecified atom stereocenters. The number of aryl methyl sites for hydroxylation is 1. The van der Waals surface area contributed by atoms with Crippen molar-refractivity contribution in [2.75, 3.05) is 26.8 Å². The first-order valence-corrected chi connectivity index (χ1v) is 12.1. The first kappa shape index (κ1) is 22.3. The van der Waals surface area contributed by atoms with Crippen LogP contribution in [-0.4, -0.2) is 53.6 Å². The lowest BCUT2D eigenvalue weighted by atomic mass is 9.99. The van der Waals surface area contributed by atoms with Crippen molar-refractivity contribution in [3.63, 3.8) is 0 Å². The number of para-hydroxylation sites is 1. The summed E-state index contributed by atoms with van der Waals surface area (Å²) in [4.78, 5) is 36.6. The van der Waals surface area contributed by atoms with Crippen molar-refractivity contribution < 1.29 is 19.1 Å². The zero-order valence-electron chi connectivity index (χ0n) is 19.1. The van der Waals surface area contributed by atoms with Gasteiger partial charge in [-0.25, -0.2) is 9.78 Å². The van der Waals surface area contributed by atoms with Gasteiger partial charge in [0.05, 0.1) is 39.1 Å². The normalized spacial score (nSPS) is 16.1. The number of aromatic nitrogens is 2. The Morgan fingerprint density at radius 1 is 1.12 bits per heavy atom. The zero-order valence-corrected chi connectivity index (χ0v) is 19.9. The van der Waals surface area contributed by atoms with E-state index in [4.69, 9.17) is 14.5 Å². The lowest BCUT2D eigenvalue weighted by Crippen LogP contribution is -2.41. The number of rotatable bonds is 5. The summed E-state index contributed by atoms with van der Waals surface area (Å²) in [6, 6.07) is 15.3. The average Bonchev–Trinajstić information content (AvgIpc) is 3.31. The molecule has 1 amide bonds. The van der Waals surface area contributed by atoms with E-state index in [9.17, 15) is 9.59 Å². The summed E-state index contributed by atoms with van der Waals surface area (Å²) in [5.41, 5.74) is 2.64. The molecule has 3 heterocycles. The number of esters is 1. The highest BCUT2D eigenvalue weighted by molar-refractivity contribution is 7.18. The molecule has 0 radical (unpaired) electrons. The lowest BCUT2D eigenvalue weighted by molar-refractivity contribution is -0.135. The Labute approximate surface area is 201 Å². The van der Waals surface area contributed by atoms with Crippen LogP contribution in [-0.2, 0) is 9.53 Å². The highest BCUT2D eigenvalue weighted by Gasteiger charge is 2.27. The summed E-state index contributed by atoms with van der Waals surface area (Å²) in [6.07, 6.45) is 1.90. The Balaban J connectivity index is 1.23. The summed E-state index contributed by atoms with van der Waals surface area (Å²) < 4.78 is 11.8. The molecule has 2 aromatic carbocycles. The molecule has 1 aliphatic rings. The van der Waals surface area contributed by atoms with Crippen LogP contribution in [0.15, 0.2) is 48.5 Å². The van der Waals surface area contributed by atoms with Gasteiger partial charge in [-0.1, -0.05) is 12.1 Å². The lowest BCUT2D eigenvalue weighted by Gasteiger charge is -2.31. The predicted molar refractivity (Wildman–Crippen MR) is 131 cm³/mol. The number of hydrogen-bond acceptors (Lipinski definition) is 7. The number of ether oxygens (including phenoxy) is 2. The van der Waals surface area contributed by atoms with E-state index in [1.54, 1.807) is 36.3 Å². The van der Waals surface area contributed by atoms with Gasteiger partial charge < -0.3 is 14.4 Å². The summed E-state index contributed by atoms with van der Waals surface area (Å²) in [5, 5.41) is 1.87. The first-order chi connectivity index (χ1) is 16.5. The largest absolute Gasteiger partial charge is 0.497 e. The molecule has 4 aromatic rings. The molecule has 1 saturated heterocycles. The van der Waals surface area contributed by atoms with E-state index in [0.717, 1.165) is 39.0 Å². The zero-order chi connectivity index (χ0) is 23.7. The number of thiazole rings is 1. The summed E-state index contributed by atoms with van der Waals surface area (Å²) >= 11 is 1.69. The number of hydrogen-bond donors (Lipinski definition) is 0. The van der Waals surface area contributed by atoms with E-state index in [1.165, 1.54) is 0 Å². The fourth-order valence-corrected chi connectivity index (χ4v) is 5.44. The minimum atomic E-state index is -0.546. The molecule has 0 saturated carbocycles. The average molecular weight is 476 g/mol. The molecule has 0 aliphatic carbocycles. The quantitative estimate of drug-likeness (QED) is 0.389. The van der Waals surface area contributed by atoms with E-state index in [1.807, 2.05) is 36.4 Å². The third kappa shape index (κ3) is 4.46. The molecule has 7 nitrogen and oxygen atoms in total. The summed E-state index contributed by atoms with van der Waals surface area (Å²) in [7, 11) is 1.60. The fraction of sp³-hybridized carbons (Fsp3) is 0.308. The molecule has 0 N–H and O–H groups in total. The van der Waals surface area contributed by atoms with Crippen LogP contribution in [0.1, 0.15) is 39.8 Å². The number of methoxy groups -OCH3 is 1. The molecular weight excluding hydrogens is 450 g/mol. The number of carbonyl (C=O) groups is 2. The molecule has 1 aliphatic heterocycles. The van der Waals surface area contributed by atoms with Crippen molar-refractivity contribution in [3.05, 3.63) is 64.8 Å². The van der Waals surface area contributed by atoms with Crippen LogP contribution in [0.4, 0.5) is 0 Å². The Kier molecular flexibility index (Phi) is 6.15. The molecule has 34 heavy (non-hydrogen) atoms. The van der Waals surface area contributed by atoms with Gasteiger partial charge in [-0.2, -0.15) is 0 Å². The highest BCUT2D eigenvalue weighted by atomic mass is 32.1. The number of likely N-dealkylation sites (tertiary alicyclic amines) is 1. The first-order valence-electron chi connectivity index (χ1n) is 11.3. The SMILES string of the molecule is COc1ccc2cc(C(=O)OCC(=O)N3CCCC(c4nc5ccccc5s4)C3)c(C)nc2c1. The number of piperidine rings is 1. The molecular formula is C26H25N3O4S. The van der Waals surface area contributed by atoms with E-state index >= 15 is 0 Å². The van der Waals surface area contributed by atoms with Crippen LogP contribution in [0, 0.1) is 6.92 Å². The van der Waals surface area contributed by atoms with Gasteiger partial charge in [-0.15, -0.1) is 11.3 Å². The highest BCUT2D eigenvalue weighted by Crippen LogP contribution is 2.33. The molecule has 1 fully saturated rings. The Morgan fingerprint density at radius 2 is 1.97 bits per heavy atom. The smallest absolute Gasteiger partial charge is 0.340 e. The Hall–Kier alpha value is -3.52. The van der Waals surface area contributed by atoms with Gasteiger partial charge in [0, 0.05) is 30.5 Å². The van der Waals surface area contributed by atoms with E-state index < -0.39 is 5.97 Å². The van der Waals surface area contributed by atoms with Gasteiger partial charge in [0.1, 0.15) is 5.75 Å². The second-order valence-corrected chi connectivity index (χ2v) is 9.52. The number of nitrogens with zero attached hydrogens (tertiary/aromatic N) is 3. The molecule has 2 aromatic heterocycles. The van der Waals surface area contributed by atoms with E-state index in [-0.39, 0.29) is 18.4 Å². The van der Waals surface area contributed by atoms with Crippen LogP contribution in [0.25, 0.3) is 21.1 Å². The number of fused-ring (bicyclic) bond motifs is 2. The van der Waals surface area contributed by atoms with Crippen molar-refractivity contribution in [2.24, 2.45) is 0 Å². The maximum Gasteiger partial charge on any atom is 0.340 e. The van der Waals surface area contributed by atoms with Gasteiger partial charge in [0.25, 0.3) is 5.91 Å². The van der Waals surface area contributed by atoms with Crippen molar-refractivity contribution in [3.8, 4) is 5.75 Å². The van der Waals surface area contributed by atoms with Crippen molar-refractivity contribution in [1.29, 1.82) is 0 Å². The van der Waals surface area contributed by atoms with Gasteiger partial charge in [0.15, 0.2) is 6.61 Å². The van der Waals surface area contributed by atoms with Crippen LogP contribution < -0.4 is 4.74 Å². The van der Waals surface area contributed by atoms with Crippen LogP contribution >= 0.6 is 11.3 Å². The number of benzene rings is 2. The van der Waals surface area contributed by atoms with Crippen LogP contribution in [0.5, 0.6) is 5.75 Å². The van der Waals surface area contributed by atoms with Crippen molar-refractivity contribution in [2.45, 2.75) is 25.7 Å². The topological polar surface area (TPSA) is 81.6 Å². The second-order valence-electron chi connectivity index (χ2n) is 8.45. The van der Waals surface area contributed by atoms with Gasteiger partial charge >= 0.3 is 5.97 Å². The molecule has 5 rings (SSSR count). The standard InChI is InChI=1S/C26H25N3O4S/c1-16-20(12-17-9-10-19(32-2)13-22(17)27-16)26(31)33-15-24(30)29-11-5-6-18(14-29)25-28-21-7-3-4-8-23(21)34-25/h3-4,7-10,12-13,18H,5-6,11,14-15H2,1-2H3. The third-order valence-corrected chi connectivity index (χ3v) is 7.39. The number of pyridine rings is 1. The summed E-state index contributed by atoms with van der Waals surface area (Å²) in [5.74, 6) is 0.173.